The lowest BCUT2D eigenvalue weighted by molar-refractivity contribution is -0.386. The maximum atomic E-state index is 10.7. The average molecular weight is 189 g/mol. The lowest BCUT2D eigenvalue weighted by atomic mass is 10.5. The van der Waals surface area contributed by atoms with E-state index in [1.165, 1.54) is 7.05 Å². The van der Waals surface area contributed by atoms with Crippen molar-refractivity contribution in [2.45, 2.75) is 0 Å². The van der Waals surface area contributed by atoms with E-state index in [0.717, 1.165) is 10.8 Å². The van der Waals surface area contributed by atoms with Gasteiger partial charge in [-0.05, 0) is 0 Å². The van der Waals surface area contributed by atoms with Crippen LogP contribution in [0, 0.1) is 10.1 Å². The van der Waals surface area contributed by atoms with E-state index in [-0.39, 0.29) is 5.48 Å². The second kappa shape index (κ2) is 3.63. The highest BCUT2D eigenvalue weighted by atomic mass is 16.6. The van der Waals surface area contributed by atoms with E-state index in [1.807, 2.05) is 0 Å². The molecule has 0 atom stereocenters. The second-order valence-electron chi connectivity index (χ2n) is 2.14. The molecule has 0 bridgehead atoms. The molecule has 3 N–H and O–H groups in total. The molecule has 0 aromatic carbocycles. The van der Waals surface area contributed by atoms with Gasteiger partial charge in [-0.15, -0.1) is 0 Å². The third kappa shape index (κ3) is 1.99. The number of nitrogens with one attached hydrogen (secondary N) is 1. The van der Waals surface area contributed by atoms with Crippen LogP contribution < -0.4 is 11.2 Å². The van der Waals surface area contributed by atoms with Crippen LogP contribution in [0.15, 0.2) is 15.8 Å². The highest BCUT2D eigenvalue weighted by molar-refractivity contribution is 5.20. The van der Waals surface area contributed by atoms with Gasteiger partial charge in [0.1, 0.15) is 0 Å². The quantitative estimate of drug-likeness (QED) is 0.410. The van der Waals surface area contributed by atoms with E-state index in [2.05, 4.69) is 0 Å². The first-order chi connectivity index (χ1) is 5.52. The van der Waals surface area contributed by atoms with Crippen molar-refractivity contribution in [2.75, 3.05) is 0 Å². The molecule has 72 valence electrons. The first-order valence-electron chi connectivity index (χ1n) is 2.96. The molecule has 1 aromatic heterocycles. The summed E-state index contributed by atoms with van der Waals surface area (Å²) >= 11 is 0. The van der Waals surface area contributed by atoms with Crippen LogP contribution >= 0.6 is 0 Å². The molecule has 8 nitrogen and oxygen atoms in total. The largest absolute Gasteiger partial charge is 0.412 e. The number of rotatable bonds is 1. The summed E-state index contributed by atoms with van der Waals surface area (Å²) in [5, 5.41) is 10.2. The van der Waals surface area contributed by atoms with Crippen molar-refractivity contribution in [2.24, 2.45) is 7.05 Å². The SMILES string of the molecule is Cn1cc([N+](=O)[O-])c(=O)[nH]c1=O.O. The van der Waals surface area contributed by atoms with Gasteiger partial charge >= 0.3 is 16.9 Å². The normalized spacial score (nSPS) is 9.00. The minimum Gasteiger partial charge on any atom is -0.412 e. The van der Waals surface area contributed by atoms with Gasteiger partial charge in [-0.25, -0.2) is 4.79 Å². The van der Waals surface area contributed by atoms with E-state index in [0.29, 0.717) is 0 Å². The minimum atomic E-state index is -0.983. The zero-order chi connectivity index (χ0) is 9.30. The fourth-order valence-corrected chi connectivity index (χ4v) is 0.680. The van der Waals surface area contributed by atoms with E-state index in [4.69, 9.17) is 0 Å². The van der Waals surface area contributed by atoms with Crippen LogP contribution in [0.1, 0.15) is 0 Å². The Morgan fingerprint density at radius 3 is 2.54 bits per heavy atom. The third-order valence-corrected chi connectivity index (χ3v) is 1.29. The highest BCUT2D eigenvalue weighted by Gasteiger charge is 2.12. The highest BCUT2D eigenvalue weighted by Crippen LogP contribution is 1.96. The van der Waals surface area contributed by atoms with Crippen molar-refractivity contribution in [1.29, 1.82) is 0 Å². The number of nitrogens with zero attached hydrogens (tertiary/aromatic N) is 2. The van der Waals surface area contributed by atoms with Crippen LogP contribution in [0.4, 0.5) is 5.69 Å². The van der Waals surface area contributed by atoms with Crippen LogP contribution in [0.2, 0.25) is 0 Å². The van der Waals surface area contributed by atoms with Crippen molar-refractivity contribution in [3.63, 3.8) is 0 Å². The second-order valence-corrected chi connectivity index (χ2v) is 2.14. The van der Waals surface area contributed by atoms with Crippen molar-refractivity contribution >= 4 is 5.69 Å². The lowest BCUT2D eigenvalue weighted by Crippen LogP contribution is -2.28. The van der Waals surface area contributed by atoms with Gasteiger partial charge in [-0.2, -0.15) is 0 Å². The van der Waals surface area contributed by atoms with Crippen molar-refractivity contribution in [1.82, 2.24) is 9.55 Å². The predicted octanol–water partition coefficient (Wildman–Crippen LogP) is -1.84. The summed E-state index contributed by atoms with van der Waals surface area (Å²) in [5.41, 5.74) is -2.30. The van der Waals surface area contributed by atoms with Gasteiger partial charge in [0.15, 0.2) is 0 Å². The Labute approximate surface area is 70.9 Å². The van der Waals surface area contributed by atoms with Crippen LogP contribution in [0.3, 0.4) is 0 Å². The standard InChI is InChI=1S/C5H5N3O4.H2O/c1-7-2-3(8(11)12)4(9)6-5(7)10;/h2H,1H3,(H,6,9,10);1H2. The van der Waals surface area contributed by atoms with E-state index in [9.17, 15) is 19.7 Å². The first kappa shape index (κ1) is 11.0. The number of aromatic amines is 1. The molecule has 0 spiro atoms. The predicted molar refractivity (Wildman–Crippen MR) is 42.6 cm³/mol. The zero-order valence-electron chi connectivity index (χ0n) is 6.60. The first-order valence-corrected chi connectivity index (χ1v) is 2.96. The summed E-state index contributed by atoms with van der Waals surface area (Å²) in [6, 6.07) is 0. The molecule has 1 heterocycles. The average Bonchev–Trinajstić information content (AvgIpc) is 1.96. The van der Waals surface area contributed by atoms with Crippen LogP contribution in [0.5, 0.6) is 0 Å². The Balaban J connectivity index is 0.00000144. The molecule has 1 aromatic rings. The van der Waals surface area contributed by atoms with Gasteiger partial charge in [-0.3, -0.25) is 24.5 Å². The monoisotopic (exact) mass is 189 g/mol. The number of nitro groups is 1. The maximum Gasteiger partial charge on any atom is 0.350 e. The Kier molecular flexibility index (Phi) is 3.08. The number of H-pyrrole nitrogens is 1. The number of aromatic nitrogens is 2. The molecule has 0 radical (unpaired) electrons. The molecule has 0 aliphatic rings. The minimum absolute atomic E-state index is 0. The molecule has 1 rings (SSSR count). The van der Waals surface area contributed by atoms with Crippen molar-refractivity contribution < 1.29 is 10.4 Å². The molecule has 0 aliphatic heterocycles. The molecule has 0 fully saturated rings. The van der Waals surface area contributed by atoms with E-state index >= 15 is 0 Å². The maximum absolute atomic E-state index is 10.7. The fourth-order valence-electron chi connectivity index (χ4n) is 0.680. The summed E-state index contributed by atoms with van der Waals surface area (Å²) in [4.78, 5) is 32.5. The van der Waals surface area contributed by atoms with Gasteiger partial charge in [-0.1, -0.05) is 0 Å². The molecule has 0 aliphatic carbocycles. The summed E-state index contributed by atoms with van der Waals surface area (Å²) in [6.45, 7) is 0. The van der Waals surface area contributed by atoms with Crippen LogP contribution in [-0.4, -0.2) is 20.0 Å². The van der Waals surface area contributed by atoms with Gasteiger partial charge in [0.05, 0.1) is 11.1 Å². The lowest BCUT2D eigenvalue weighted by Gasteiger charge is -1.93. The summed E-state index contributed by atoms with van der Waals surface area (Å²) in [6.07, 6.45) is 0.876. The van der Waals surface area contributed by atoms with Crippen molar-refractivity contribution in [3.05, 3.63) is 37.1 Å². The molecule has 0 saturated heterocycles. The third-order valence-electron chi connectivity index (χ3n) is 1.29. The molecule has 8 heteroatoms. The Bertz CT molecular complexity index is 431. The number of hydrogen-bond acceptors (Lipinski definition) is 4. The topological polar surface area (TPSA) is 129 Å². The fraction of sp³-hybridized carbons (Fsp3) is 0.200. The van der Waals surface area contributed by atoms with E-state index in [1.54, 1.807) is 4.98 Å². The summed E-state index contributed by atoms with van der Waals surface area (Å²) in [7, 11) is 1.31. The zero-order valence-corrected chi connectivity index (χ0v) is 6.60. The van der Waals surface area contributed by atoms with Gasteiger partial charge in [0.2, 0.25) is 0 Å². The van der Waals surface area contributed by atoms with Gasteiger partial charge < -0.3 is 5.48 Å². The molecular formula is C5H7N3O5. The molecule has 0 amide bonds. The summed E-state index contributed by atoms with van der Waals surface area (Å²) < 4.78 is 0.930. The van der Waals surface area contributed by atoms with Crippen LogP contribution in [0.25, 0.3) is 0 Å². The van der Waals surface area contributed by atoms with E-state index < -0.39 is 21.9 Å². The molecular weight excluding hydrogens is 182 g/mol. The van der Waals surface area contributed by atoms with Gasteiger partial charge in [0.25, 0.3) is 0 Å². The van der Waals surface area contributed by atoms with Crippen molar-refractivity contribution in [3.8, 4) is 0 Å². The summed E-state index contributed by atoms with van der Waals surface area (Å²) in [5.74, 6) is 0. The number of aryl methyl sites for hydroxylation is 1. The Morgan fingerprint density at radius 2 is 2.08 bits per heavy atom. The van der Waals surface area contributed by atoms with Gasteiger partial charge in [0, 0.05) is 7.05 Å². The Morgan fingerprint density at radius 1 is 1.54 bits per heavy atom. The molecule has 0 saturated carbocycles. The smallest absolute Gasteiger partial charge is 0.350 e. The molecule has 0 unspecified atom stereocenters. The number of hydrogen-bond donors (Lipinski definition) is 1. The Hall–Kier alpha value is -1.96. The van der Waals surface area contributed by atoms with Crippen LogP contribution in [-0.2, 0) is 7.05 Å². The molecule has 13 heavy (non-hydrogen) atoms.